The Morgan fingerprint density at radius 3 is 2.70 bits per heavy atom. The maximum atomic E-state index is 13.4. The molecule has 1 aliphatic heterocycles. The van der Waals surface area contributed by atoms with Crippen molar-refractivity contribution in [2.45, 2.75) is 58.8 Å². The van der Waals surface area contributed by atoms with E-state index in [2.05, 4.69) is 30.9 Å². The second-order valence-corrected chi connectivity index (χ2v) is 12.4. The molecule has 1 saturated heterocycles. The summed E-state index contributed by atoms with van der Waals surface area (Å²) in [6.07, 6.45) is 6.79. The van der Waals surface area contributed by atoms with Crippen molar-refractivity contribution < 1.29 is 19.1 Å². The first kappa shape index (κ1) is 31.0. The quantitative estimate of drug-likeness (QED) is 0.245. The number of alkyl carbamates (subject to hydrolysis) is 1. The van der Waals surface area contributed by atoms with Crippen molar-refractivity contribution in [3.63, 3.8) is 0 Å². The molecule has 15 heteroatoms. The molecule has 0 unspecified atom stereocenters. The molecule has 14 nitrogen and oxygen atoms in total. The van der Waals surface area contributed by atoms with Crippen LogP contribution in [0.15, 0.2) is 43.1 Å². The van der Waals surface area contributed by atoms with E-state index >= 15 is 0 Å². The van der Waals surface area contributed by atoms with Gasteiger partial charge in [0.05, 0.1) is 29.8 Å². The van der Waals surface area contributed by atoms with Crippen molar-refractivity contribution in [1.29, 1.82) is 0 Å². The smallest absolute Gasteiger partial charge is 0.407 e. The highest BCUT2D eigenvalue weighted by atomic mass is 35.5. The number of benzene rings is 1. The fourth-order valence-electron chi connectivity index (χ4n) is 5.45. The standard InChI is InChI=1S/C31H35ClN10O4/c1-6-42-27-21(14-36-42)25-20(13-34-27)28(39-38-26(25)33-12-18-7-8-24(45-5)22(32)11-18)41-16-23(35-17-41)29(43)40-10-9-19(15-40)37-30(44)46-31(2,3)4/h7-8,11,13-14,16-17,19H,6,9-10,12,15H2,1-5H3,(H,33,38)(H,37,44)/t19-/m1/s1. The second kappa shape index (κ2) is 12.4. The zero-order valence-electron chi connectivity index (χ0n) is 26.2. The van der Waals surface area contributed by atoms with Gasteiger partial charge in [-0.3, -0.25) is 9.36 Å². The van der Waals surface area contributed by atoms with Crippen molar-refractivity contribution in [3.05, 3.63) is 59.4 Å². The Labute approximate surface area is 270 Å². The number of halogens is 1. The normalized spacial score (nSPS) is 15.0. The molecular weight excluding hydrogens is 612 g/mol. The summed E-state index contributed by atoms with van der Waals surface area (Å²) < 4.78 is 14.1. The van der Waals surface area contributed by atoms with Gasteiger partial charge in [-0.2, -0.15) is 5.10 Å². The number of carbonyl (C=O) groups excluding carboxylic acids is 2. The highest BCUT2D eigenvalue weighted by Crippen LogP contribution is 2.32. The Balaban J connectivity index is 1.27. The Kier molecular flexibility index (Phi) is 8.38. The van der Waals surface area contributed by atoms with Crippen LogP contribution in [0.1, 0.15) is 50.2 Å². The predicted molar refractivity (Wildman–Crippen MR) is 172 cm³/mol. The predicted octanol–water partition coefficient (Wildman–Crippen LogP) is 4.59. The number of likely N-dealkylation sites (tertiary alicyclic amines) is 1. The third-order valence-electron chi connectivity index (χ3n) is 7.61. The van der Waals surface area contributed by atoms with E-state index in [1.807, 2.05) is 29.8 Å². The van der Waals surface area contributed by atoms with Crippen LogP contribution in [0, 0.1) is 0 Å². The van der Waals surface area contributed by atoms with Crippen molar-refractivity contribution in [3.8, 4) is 11.6 Å². The third kappa shape index (κ3) is 6.25. The molecule has 2 amide bonds. The molecule has 0 radical (unpaired) electrons. The number of fused-ring (bicyclic) bond motifs is 3. The highest BCUT2D eigenvalue weighted by molar-refractivity contribution is 6.32. The van der Waals surface area contributed by atoms with Gasteiger partial charge in [0.1, 0.15) is 23.4 Å². The molecule has 0 bridgehead atoms. The van der Waals surface area contributed by atoms with Crippen molar-refractivity contribution in [2.75, 3.05) is 25.5 Å². The maximum absolute atomic E-state index is 13.4. The largest absolute Gasteiger partial charge is 0.495 e. The van der Waals surface area contributed by atoms with Crippen LogP contribution in [0.2, 0.25) is 5.02 Å². The monoisotopic (exact) mass is 646 g/mol. The number of imidazole rings is 1. The number of aromatic nitrogens is 7. The number of aryl methyl sites for hydroxylation is 1. The van der Waals surface area contributed by atoms with Gasteiger partial charge in [-0.1, -0.05) is 17.7 Å². The number of anilines is 1. The number of pyridine rings is 1. The number of nitrogens with one attached hydrogen (secondary N) is 2. The van der Waals surface area contributed by atoms with Crippen LogP contribution in [0.5, 0.6) is 5.75 Å². The van der Waals surface area contributed by atoms with Gasteiger partial charge in [-0.05, 0) is 51.8 Å². The first-order valence-electron chi connectivity index (χ1n) is 14.9. The van der Waals surface area contributed by atoms with E-state index in [4.69, 9.17) is 26.1 Å². The first-order chi connectivity index (χ1) is 22.0. The molecule has 6 rings (SSSR count). The summed E-state index contributed by atoms with van der Waals surface area (Å²) in [6, 6.07) is 5.37. The van der Waals surface area contributed by atoms with E-state index in [-0.39, 0.29) is 17.6 Å². The average molecular weight is 647 g/mol. The molecule has 5 heterocycles. The van der Waals surface area contributed by atoms with Gasteiger partial charge in [0.2, 0.25) is 0 Å². The van der Waals surface area contributed by atoms with E-state index in [0.717, 1.165) is 22.0 Å². The average Bonchev–Trinajstić information content (AvgIpc) is 3.78. The zero-order valence-corrected chi connectivity index (χ0v) is 27.0. The number of carbonyl (C=O) groups is 2. The molecule has 4 aromatic heterocycles. The number of hydrogen-bond acceptors (Lipinski definition) is 10. The Morgan fingerprint density at radius 2 is 1.96 bits per heavy atom. The van der Waals surface area contributed by atoms with Gasteiger partial charge in [0.15, 0.2) is 17.3 Å². The van der Waals surface area contributed by atoms with Crippen LogP contribution in [0.25, 0.3) is 27.6 Å². The maximum Gasteiger partial charge on any atom is 0.407 e. The topological polar surface area (TPSA) is 154 Å². The summed E-state index contributed by atoms with van der Waals surface area (Å²) in [7, 11) is 1.57. The summed E-state index contributed by atoms with van der Waals surface area (Å²) >= 11 is 6.35. The van der Waals surface area contributed by atoms with E-state index in [1.54, 1.807) is 55.9 Å². The van der Waals surface area contributed by atoms with E-state index in [9.17, 15) is 9.59 Å². The highest BCUT2D eigenvalue weighted by Gasteiger charge is 2.30. The van der Waals surface area contributed by atoms with Crippen LogP contribution in [0.4, 0.5) is 10.6 Å². The fraction of sp³-hybridized carbons (Fsp3) is 0.387. The number of nitrogens with zero attached hydrogens (tertiary/aromatic N) is 8. The van der Waals surface area contributed by atoms with Gasteiger partial charge < -0.3 is 25.0 Å². The minimum atomic E-state index is -0.602. The number of ether oxygens (including phenoxy) is 2. The minimum Gasteiger partial charge on any atom is -0.495 e. The van der Waals surface area contributed by atoms with E-state index in [1.165, 1.54) is 6.33 Å². The van der Waals surface area contributed by atoms with Crippen molar-refractivity contribution >= 4 is 51.2 Å². The molecule has 1 aromatic carbocycles. The van der Waals surface area contributed by atoms with E-state index < -0.39 is 11.7 Å². The van der Waals surface area contributed by atoms with Crippen LogP contribution in [-0.4, -0.2) is 83.3 Å². The molecule has 46 heavy (non-hydrogen) atoms. The van der Waals surface area contributed by atoms with Crippen molar-refractivity contribution in [2.24, 2.45) is 0 Å². The molecule has 1 atom stereocenters. The molecule has 0 aliphatic carbocycles. The number of methoxy groups -OCH3 is 1. The van der Waals surface area contributed by atoms with Gasteiger partial charge in [0, 0.05) is 49.3 Å². The number of amides is 2. The molecule has 0 saturated carbocycles. The van der Waals surface area contributed by atoms with Gasteiger partial charge >= 0.3 is 6.09 Å². The zero-order chi connectivity index (χ0) is 32.6. The molecule has 240 valence electrons. The lowest BCUT2D eigenvalue weighted by atomic mass is 10.1. The van der Waals surface area contributed by atoms with Gasteiger partial charge in [-0.25, -0.2) is 19.4 Å². The summed E-state index contributed by atoms with van der Waals surface area (Å²) in [5.41, 5.74) is 1.30. The minimum absolute atomic E-state index is 0.206. The Hall–Kier alpha value is -4.98. The third-order valence-corrected chi connectivity index (χ3v) is 7.90. The van der Waals surface area contributed by atoms with Crippen LogP contribution in [0.3, 0.4) is 0 Å². The lowest BCUT2D eigenvalue weighted by Crippen LogP contribution is -2.41. The molecule has 5 aromatic rings. The fourth-order valence-corrected chi connectivity index (χ4v) is 5.73. The SMILES string of the molecule is CCn1ncc2c3c(NCc4ccc(OC)c(Cl)c4)nnc(-n4cnc(C(=O)N5CC[C@@H](NC(=O)OC(C)(C)C)C5)c4)c3cnc21. The summed E-state index contributed by atoms with van der Waals surface area (Å²) in [6.45, 7) is 9.35. The Bertz CT molecular complexity index is 1930. The summed E-state index contributed by atoms with van der Waals surface area (Å²) in [5.74, 6) is 1.36. The molecular formula is C31H35ClN10O4. The van der Waals surface area contributed by atoms with Gasteiger partial charge in [-0.15, -0.1) is 10.2 Å². The second-order valence-electron chi connectivity index (χ2n) is 12.0. The molecule has 0 spiro atoms. The van der Waals surface area contributed by atoms with Gasteiger partial charge in [0.25, 0.3) is 5.91 Å². The van der Waals surface area contributed by atoms with E-state index in [0.29, 0.717) is 60.4 Å². The van der Waals surface area contributed by atoms with Crippen LogP contribution >= 0.6 is 11.6 Å². The Morgan fingerprint density at radius 1 is 1.13 bits per heavy atom. The lowest BCUT2D eigenvalue weighted by molar-refractivity contribution is 0.0502. The summed E-state index contributed by atoms with van der Waals surface area (Å²) in [4.78, 5) is 36.4. The van der Waals surface area contributed by atoms with Crippen LogP contribution < -0.4 is 15.4 Å². The molecule has 1 fully saturated rings. The summed E-state index contributed by atoms with van der Waals surface area (Å²) in [5, 5.41) is 22.6. The molecule has 2 N–H and O–H groups in total. The van der Waals surface area contributed by atoms with Crippen molar-refractivity contribution in [1.82, 2.24) is 44.7 Å². The lowest BCUT2D eigenvalue weighted by Gasteiger charge is -2.22. The number of rotatable bonds is 8. The molecule has 1 aliphatic rings. The first-order valence-corrected chi connectivity index (χ1v) is 15.3. The van der Waals surface area contributed by atoms with Crippen LogP contribution in [-0.2, 0) is 17.8 Å². The number of hydrogen-bond donors (Lipinski definition) is 2.